The lowest BCUT2D eigenvalue weighted by molar-refractivity contribution is -0.146. The molecular weight excluding hydrogens is 212 g/mol. The minimum atomic E-state index is -2.63. The third-order valence-corrected chi connectivity index (χ3v) is 1.56. The highest BCUT2D eigenvalue weighted by atomic mass is 19.3. The van der Waals surface area contributed by atoms with Gasteiger partial charge in [-0.1, -0.05) is 0 Å². The molecular formula is C8H13F2NO4. The van der Waals surface area contributed by atoms with E-state index in [1.165, 1.54) is 0 Å². The van der Waals surface area contributed by atoms with Crippen molar-refractivity contribution in [3.63, 3.8) is 0 Å². The lowest BCUT2D eigenvalue weighted by Gasteiger charge is -2.18. The van der Waals surface area contributed by atoms with Crippen molar-refractivity contribution in [3.05, 3.63) is 0 Å². The van der Waals surface area contributed by atoms with Crippen molar-refractivity contribution in [2.24, 2.45) is 0 Å². The summed E-state index contributed by atoms with van der Waals surface area (Å²) in [6.07, 6.45) is -2.63. The molecule has 0 aliphatic heterocycles. The number of carbonyl (C=O) groups excluding carboxylic acids is 2. The molecule has 0 aliphatic carbocycles. The molecule has 0 unspecified atom stereocenters. The molecule has 0 aromatic carbocycles. The zero-order valence-corrected chi connectivity index (χ0v) is 8.53. The molecule has 0 amide bonds. The Kier molecular flexibility index (Phi) is 6.52. The Morgan fingerprint density at radius 3 is 1.80 bits per heavy atom. The quantitative estimate of drug-likeness (QED) is 0.591. The van der Waals surface area contributed by atoms with Crippen molar-refractivity contribution in [1.29, 1.82) is 0 Å². The van der Waals surface area contributed by atoms with Crippen LogP contribution in [-0.2, 0) is 19.1 Å². The molecule has 0 saturated heterocycles. The summed E-state index contributed by atoms with van der Waals surface area (Å²) in [5.41, 5.74) is 0. The van der Waals surface area contributed by atoms with Crippen LogP contribution >= 0.6 is 0 Å². The molecule has 88 valence electrons. The zero-order valence-electron chi connectivity index (χ0n) is 8.53. The van der Waals surface area contributed by atoms with Gasteiger partial charge >= 0.3 is 11.9 Å². The summed E-state index contributed by atoms with van der Waals surface area (Å²) in [6.45, 7) is -1.41. The molecule has 0 atom stereocenters. The Labute approximate surface area is 85.9 Å². The van der Waals surface area contributed by atoms with Gasteiger partial charge in [0.25, 0.3) is 6.43 Å². The van der Waals surface area contributed by atoms with E-state index in [2.05, 4.69) is 9.47 Å². The maximum atomic E-state index is 12.0. The Morgan fingerprint density at radius 2 is 1.53 bits per heavy atom. The Hall–Kier alpha value is -1.24. The molecule has 0 heterocycles. The molecule has 0 fully saturated rings. The molecule has 0 rings (SSSR count). The standard InChI is InChI=1S/C8H13F2NO4/c1-14-7(12)4-11(3-6(9)10)5-8(13)15-2/h6H,3-5H2,1-2H3. The molecule has 0 spiro atoms. The second-order valence-corrected chi connectivity index (χ2v) is 2.71. The van der Waals surface area contributed by atoms with Gasteiger partial charge in [0.2, 0.25) is 0 Å². The van der Waals surface area contributed by atoms with Crippen LogP contribution in [-0.4, -0.2) is 57.1 Å². The topological polar surface area (TPSA) is 55.8 Å². The minimum absolute atomic E-state index is 0.365. The molecule has 0 radical (unpaired) electrons. The van der Waals surface area contributed by atoms with Gasteiger partial charge in [0.15, 0.2) is 0 Å². The number of esters is 2. The molecule has 0 saturated carbocycles. The van der Waals surface area contributed by atoms with Crippen LogP contribution in [0.3, 0.4) is 0 Å². The highest BCUT2D eigenvalue weighted by Crippen LogP contribution is 1.99. The van der Waals surface area contributed by atoms with Gasteiger partial charge in [-0.2, -0.15) is 0 Å². The van der Waals surface area contributed by atoms with Gasteiger partial charge < -0.3 is 9.47 Å². The summed E-state index contributed by atoms with van der Waals surface area (Å²) >= 11 is 0. The van der Waals surface area contributed by atoms with Crippen molar-refractivity contribution in [2.75, 3.05) is 33.9 Å². The van der Waals surface area contributed by atoms with E-state index in [4.69, 9.17) is 0 Å². The van der Waals surface area contributed by atoms with Gasteiger partial charge in [-0.25, -0.2) is 8.78 Å². The second-order valence-electron chi connectivity index (χ2n) is 2.71. The smallest absolute Gasteiger partial charge is 0.319 e. The summed E-state index contributed by atoms with van der Waals surface area (Å²) in [4.78, 5) is 22.6. The third kappa shape index (κ3) is 6.78. The van der Waals surface area contributed by atoms with Crippen molar-refractivity contribution >= 4 is 11.9 Å². The minimum Gasteiger partial charge on any atom is -0.468 e. The first kappa shape index (κ1) is 13.8. The first-order valence-corrected chi connectivity index (χ1v) is 4.13. The van der Waals surface area contributed by atoms with E-state index in [9.17, 15) is 18.4 Å². The summed E-state index contributed by atoms with van der Waals surface area (Å²) in [7, 11) is 2.28. The van der Waals surface area contributed by atoms with E-state index in [1.807, 2.05) is 0 Å². The number of ether oxygens (including phenoxy) is 2. The molecule has 0 aromatic rings. The van der Waals surface area contributed by atoms with Crippen molar-refractivity contribution in [3.8, 4) is 0 Å². The number of methoxy groups -OCH3 is 2. The van der Waals surface area contributed by atoms with Crippen molar-refractivity contribution in [1.82, 2.24) is 4.90 Å². The molecule has 5 nitrogen and oxygen atoms in total. The van der Waals surface area contributed by atoms with E-state index in [1.54, 1.807) is 0 Å². The van der Waals surface area contributed by atoms with Crippen LogP contribution in [0.4, 0.5) is 8.78 Å². The van der Waals surface area contributed by atoms with Gasteiger partial charge in [0.1, 0.15) is 0 Å². The number of hydrogen-bond acceptors (Lipinski definition) is 5. The summed E-state index contributed by atoms with van der Waals surface area (Å²) in [5, 5.41) is 0. The molecule has 7 heteroatoms. The number of rotatable bonds is 6. The first-order chi connectivity index (χ1) is 6.99. The Bertz CT molecular complexity index is 205. The maximum Gasteiger partial charge on any atom is 0.319 e. The van der Waals surface area contributed by atoms with Crippen LogP contribution in [0.15, 0.2) is 0 Å². The largest absolute Gasteiger partial charge is 0.468 e. The van der Waals surface area contributed by atoms with Crippen LogP contribution in [0.5, 0.6) is 0 Å². The zero-order chi connectivity index (χ0) is 11.8. The van der Waals surface area contributed by atoms with Crippen LogP contribution in [0, 0.1) is 0 Å². The number of hydrogen-bond donors (Lipinski definition) is 0. The normalized spacial score (nSPS) is 10.5. The average molecular weight is 225 g/mol. The van der Waals surface area contributed by atoms with Crippen LogP contribution in [0.25, 0.3) is 0 Å². The van der Waals surface area contributed by atoms with Gasteiger partial charge in [0.05, 0.1) is 33.9 Å². The van der Waals surface area contributed by atoms with Gasteiger partial charge in [-0.3, -0.25) is 14.5 Å². The molecule has 0 N–H and O–H groups in total. The van der Waals surface area contributed by atoms with Crippen molar-refractivity contribution in [2.45, 2.75) is 6.43 Å². The number of carbonyl (C=O) groups is 2. The van der Waals surface area contributed by atoms with E-state index >= 15 is 0 Å². The highest BCUT2D eigenvalue weighted by Gasteiger charge is 2.18. The second kappa shape index (κ2) is 7.10. The average Bonchev–Trinajstić information content (AvgIpc) is 2.16. The van der Waals surface area contributed by atoms with Crippen LogP contribution in [0.2, 0.25) is 0 Å². The Morgan fingerprint density at radius 1 is 1.13 bits per heavy atom. The fraction of sp³-hybridized carbons (Fsp3) is 0.750. The first-order valence-electron chi connectivity index (χ1n) is 4.13. The SMILES string of the molecule is COC(=O)CN(CC(=O)OC)CC(F)F. The number of alkyl halides is 2. The lowest BCUT2D eigenvalue weighted by Crippen LogP contribution is -2.38. The van der Waals surface area contributed by atoms with Crippen LogP contribution in [0.1, 0.15) is 0 Å². The Balaban J connectivity index is 4.17. The van der Waals surface area contributed by atoms with E-state index < -0.39 is 24.9 Å². The number of halogens is 2. The van der Waals surface area contributed by atoms with E-state index in [0.29, 0.717) is 0 Å². The summed E-state index contributed by atoms with van der Waals surface area (Å²) < 4.78 is 32.7. The van der Waals surface area contributed by atoms with E-state index in [0.717, 1.165) is 19.1 Å². The predicted molar refractivity (Wildman–Crippen MR) is 46.5 cm³/mol. The van der Waals surface area contributed by atoms with Crippen molar-refractivity contribution < 1.29 is 27.8 Å². The maximum absolute atomic E-state index is 12.0. The molecule has 15 heavy (non-hydrogen) atoms. The van der Waals surface area contributed by atoms with Gasteiger partial charge in [-0.15, -0.1) is 0 Å². The van der Waals surface area contributed by atoms with Gasteiger partial charge in [0, 0.05) is 0 Å². The van der Waals surface area contributed by atoms with Crippen LogP contribution < -0.4 is 0 Å². The van der Waals surface area contributed by atoms with E-state index in [-0.39, 0.29) is 13.1 Å². The third-order valence-electron chi connectivity index (χ3n) is 1.56. The molecule has 0 aromatic heterocycles. The van der Waals surface area contributed by atoms with Gasteiger partial charge in [-0.05, 0) is 0 Å². The number of nitrogens with zero attached hydrogens (tertiary/aromatic N) is 1. The monoisotopic (exact) mass is 225 g/mol. The summed E-state index contributed by atoms with van der Waals surface area (Å²) in [5.74, 6) is -1.36. The molecule has 0 aliphatic rings. The molecule has 0 bridgehead atoms. The lowest BCUT2D eigenvalue weighted by atomic mass is 10.4. The fourth-order valence-corrected chi connectivity index (χ4v) is 0.874. The predicted octanol–water partition coefficient (Wildman–Crippen LogP) is -0.101. The fourth-order valence-electron chi connectivity index (χ4n) is 0.874. The highest BCUT2D eigenvalue weighted by molar-refractivity contribution is 5.74. The summed E-state index contributed by atoms with van der Waals surface area (Å²) in [6, 6.07) is 0.